The van der Waals surface area contributed by atoms with Crippen LogP contribution in [0, 0.1) is 0 Å². The monoisotopic (exact) mass is 295 g/mol. The summed E-state index contributed by atoms with van der Waals surface area (Å²) >= 11 is 0. The largest absolute Gasteiger partial charge is 0.496 e. The highest BCUT2D eigenvalue weighted by Crippen LogP contribution is 2.34. The zero-order valence-electron chi connectivity index (χ0n) is 13.5. The Morgan fingerprint density at radius 1 is 1.09 bits per heavy atom. The zero-order chi connectivity index (χ0) is 15.4. The molecule has 2 aromatic rings. The van der Waals surface area contributed by atoms with Crippen LogP contribution in [-0.2, 0) is 6.42 Å². The van der Waals surface area contributed by atoms with Crippen LogP contribution >= 0.6 is 0 Å². The second-order valence-corrected chi connectivity index (χ2v) is 6.17. The van der Waals surface area contributed by atoms with E-state index in [0.29, 0.717) is 12.1 Å². The second-order valence-electron chi connectivity index (χ2n) is 6.17. The number of rotatable bonds is 5. The number of methoxy groups -OCH3 is 1. The molecule has 3 rings (SSSR count). The van der Waals surface area contributed by atoms with Crippen molar-refractivity contribution in [1.29, 1.82) is 0 Å². The van der Waals surface area contributed by atoms with Gasteiger partial charge in [-0.25, -0.2) is 0 Å². The fourth-order valence-electron chi connectivity index (χ4n) is 3.66. The van der Waals surface area contributed by atoms with Crippen LogP contribution in [0.15, 0.2) is 54.6 Å². The van der Waals surface area contributed by atoms with Crippen molar-refractivity contribution in [3.05, 3.63) is 65.7 Å². The van der Waals surface area contributed by atoms with Crippen LogP contribution in [0.5, 0.6) is 5.75 Å². The summed E-state index contributed by atoms with van der Waals surface area (Å²) < 4.78 is 5.50. The number of ether oxygens (including phenoxy) is 1. The van der Waals surface area contributed by atoms with Gasteiger partial charge < -0.3 is 4.74 Å². The Labute approximate surface area is 133 Å². The van der Waals surface area contributed by atoms with Crippen molar-refractivity contribution in [1.82, 2.24) is 4.90 Å². The minimum atomic E-state index is 0.518. The molecule has 0 N–H and O–H groups in total. The summed E-state index contributed by atoms with van der Waals surface area (Å²) in [6, 6.07) is 20.4. The van der Waals surface area contributed by atoms with E-state index < -0.39 is 0 Å². The SMILES string of the molecule is COc1ccccc1C[C@H](C)N1CCC[C@@H]1c1ccccc1. The summed E-state index contributed by atoms with van der Waals surface area (Å²) in [5, 5.41) is 0. The van der Waals surface area contributed by atoms with Gasteiger partial charge in [-0.3, -0.25) is 4.90 Å². The summed E-state index contributed by atoms with van der Waals surface area (Å²) in [4.78, 5) is 2.65. The number of nitrogens with zero attached hydrogens (tertiary/aromatic N) is 1. The Morgan fingerprint density at radius 3 is 2.59 bits per heavy atom. The molecule has 0 radical (unpaired) electrons. The lowest BCUT2D eigenvalue weighted by molar-refractivity contribution is 0.190. The molecule has 1 fully saturated rings. The quantitative estimate of drug-likeness (QED) is 0.807. The molecule has 2 aromatic carbocycles. The third-order valence-corrected chi connectivity index (χ3v) is 4.75. The van der Waals surface area contributed by atoms with Gasteiger partial charge in [0.15, 0.2) is 0 Å². The molecule has 0 saturated carbocycles. The van der Waals surface area contributed by atoms with Crippen LogP contribution in [0.25, 0.3) is 0 Å². The fourth-order valence-corrected chi connectivity index (χ4v) is 3.66. The Kier molecular flexibility index (Phi) is 4.79. The van der Waals surface area contributed by atoms with E-state index in [2.05, 4.69) is 60.4 Å². The van der Waals surface area contributed by atoms with E-state index in [1.807, 2.05) is 6.07 Å². The molecule has 0 unspecified atom stereocenters. The molecule has 1 aliphatic heterocycles. The van der Waals surface area contributed by atoms with E-state index in [4.69, 9.17) is 4.74 Å². The average Bonchev–Trinajstić information content (AvgIpc) is 3.06. The fraction of sp³-hybridized carbons (Fsp3) is 0.400. The van der Waals surface area contributed by atoms with Crippen LogP contribution in [0.3, 0.4) is 0 Å². The molecule has 2 atom stereocenters. The molecule has 116 valence electrons. The van der Waals surface area contributed by atoms with Crippen molar-refractivity contribution in [2.45, 2.75) is 38.3 Å². The lowest BCUT2D eigenvalue weighted by Crippen LogP contribution is -2.34. The van der Waals surface area contributed by atoms with Crippen molar-refractivity contribution >= 4 is 0 Å². The summed E-state index contributed by atoms with van der Waals surface area (Å²) in [5.41, 5.74) is 2.75. The van der Waals surface area contributed by atoms with E-state index in [-0.39, 0.29) is 0 Å². The van der Waals surface area contributed by atoms with Gasteiger partial charge in [-0.2, -0.15) is 0 Å². The van der Waals surface area contributed by atoms with E-state index >= 15 is 0 Å². The highest BCUT2D eigenvalue weighted by molar-refractivity contribution is 5.34. The summed E-state index contributed by atoms with van der Waals surface area (Å²) in [6.45, 7) is 3.53. The number of hydrogen-bond donors (Lipinski definition) is 0. The molecule has 22 heavy (non-hydrogen) atoms. The van der Waals surface area contributed by atoms with E-state index in [9.17, 15) is 0 Å². The van der Waals surface area contributed by atoms with Gasteiger partial charge in [-0.1, -0.05) is 48.5 Å². The Balaban J connectivity index is 1.75. The van der Waals surface area contributed by atoms with E-state index in [0.717, 1.165) is 12.2 Å². The van der Waals surface area contributed by atoms with Crippen LogP contribution in [0.4, 0.5) is 0 Å². The third-order valence-electron chi connectivity index (χ3n) is 4.75. The molecule has 0 aromatic heterocycles. The molecule has 1 heterocycles. The normalized spacial score (nSPS) is 20.0. The van der Waals surface area contributed by atoms with Crippen molar-refractivity contribution in [2.75, 3.05) is 13.7 Å². The van der Waals surface area contributed by atoms with E-state index in [1.165, 1.54) is 30.5 Å². The molecule has 2 nitrogen and oxygen atoms in total. The number of hydrogen-bond acceptors (Lipinski definition) is 2. The maximum absolute atomic E-state index is 5.50. The summed E-state index contributed by atoms with van der Waals surface area (Å²) in [6.07, 6.45) is 3.59. The predicted molar refractivity (Wildman–Crippen MR) is 91.3 cm³/mol. The van der Waals surface area contributed by atoms with Crippen LogP contribution in [0.2, 0.25) is 0 Å². The first-order chi connectivity index (χ1) is 10.8. The summed E-state index contributed by atoms with van der Waals surface area (Å²) in [7, 11) is 1.76. The predicted octanol–water partition coefficient (Wildman–Crippen LogP) is 4.46. The van der Waals surface area contributed by atoms with Crippen molar-refractivity contribution in [3.63, 3.8) is 0 Å². The van der Waals surface area contributed by atoms with Gasteiger partial charge in [0.05, 0.1) is 7.11 Å². The Bertz CT molecular complexity index is 596. The lowest BCUT2D eigenvalue weighted by Gasteiger charge is -2.31. The first kappa shape index (κ1) is 15.1. The standard InChI is InChI=1S/C20H25NO/c1-16(15-18-11-6-7-13-20(18)22-2)21-14-8-12-19(21)17-9-4-3-5-10-17/h3-7,9-11,13,16,19H,8,12,14-15H2,1-2H3/t16-,19+/m0/s1. The average molecular weight is 295 g/mol. The molecule has 0 amide bonds. The van der Waals surface area contributed by atoms with Gasteiger partial charge in [-0.05, 0) is 49.9 Å². The van der Waals surface area contributed by atoms with Gasteiger partial charge >= 0.3 is 0 Å². The van der Waals surface area contributed by atoms with Crippen molar-refractivity contribution in [2.24, 2.45) is 0 Å². The highest BCUT2D eigenvalue weighted by Gasteiger charge is 2.29. The number of para-hydroxylation sites is 1. The highest BCUT2D eigenvalue weighted by atomic mass is 16.5. The Hall–Kier alpha value is -1.80. The Morgan fingerprint density at radius 2 is 1.82 bits per heavy atom. The molecule has 0 aliphatic carbocycles. The minimum Gasteiger partial charge on any atom is -0.496 e. The third kappa shape index (κ3) is 3.17. The molecule has 2 heteroatoms. The summed E-state index contributed by atoms with van der Waals surface area (Å²) in [5.74, 6) is 1.00. The maximum Gasteiger partial charge on any atom is 0.122 e. The van der Waals surface area contributed by atoms with Crippen LogP contribution in [0.1, 0.15) is 36.9 Å². The molecule has 1 aliphatic rings. The number of likely N-dealkylation sites (tertiary alicyclic amines) is 1. The smallest absolute Gasteiger partial charge is 0.122 e. The van der Waals surface area contributed by atoms with Crippen molar-refractivity contribution < 1.29 is 4.74 Å². The topological polar surface area (TPSA) is 12.5 Å². The van der Waals surface area contributed by atoms with Crippen LogP contribution in [-0.4, -0.2) is 24.6 Å². The number of benzene rings is 2. The van der Waals surface area contributed by atoms with Gasteiger partial charge in [-0.15, -0.1) is 0 Å². The lowest BCUT2D eigenvalue weighted by atomic mass is 10.0. The van der Waals surface area contributed by atoms with Gasteiger partial charge in [0.1, 0.15) is 5.75 Å². The molecular formula is C20H25NO. The minimum absolute atomic E-state index is 0.518. The van der Waals surface area contributed by atoms with Gasteiger partial charge in [0, 0.05) is 12.1 Å². The first-order valence-corrected chi connectivity index (χ1v) is 8.22. The maximum atomic E-state index is 5.50. The molecular weight excluding hydrogens is 270 g/mol. The van der Waals surface area contributed by atoms with E-state index in [1.54, 1.807) is 7.11 Å². The first-order valence-electron chi connectivity index (χ1n) is 8.22. The second kappa shape index (κ2) is 6.97. The molecule has 1 saturated heterocycles. The van der Waals surface area contributed by atoms with Gasteiger partial charge in [0.2, 0.25) is 0 Å². The van der Waals surface area contributed by atoms with Gasteiger partial charge in [0.25, 0.3) is 0 Å². The zero-order valence-corrected chi connectivity index (χ0v) is 13.5. The molecule has 0 bridgehead atoms. The van der Waals surface area contributed by atoms with Crippen LogP contribution < -0.4 is 4.74 Å². The molecule has 0 spiro atoms. The van der Waals surface area contributed by atoms with Crippen molar-refractivity contribution in [3.8, 4) is 5.75 Å².